The zero-order valence-electron chi connectivity index (χ0n) is 15.2. The molecule has 2 aromatic rings. The highest BCUT2D eigenvalue weighted by atomic mass is 32.1. The highest BCUT2D eigenvalue weighted by Gasteiger charge is 2.35. The zero-order chi connectivity index (χ0) is 17.5. The molecule has 5 rings (SSSR count). The molecule has 1 N–H and O–H groups in total. The molecule has 0 bridgehead atoms. The van der Waals surface area contributed by atoms with Gasteiger partial charge in [-0.05, 0) is 25.7 Å². The van der Waals surface area contributed by atoms with Crippen molar-refractivity contribution in [2.75, 3.05) is 11.9 Å². The van der Waals surface area contributed by atoms with Gasteiger partial charge in [0.15, 0.2) is 0 Å². The number of carbonyl (C=O) groups is 1. The first-order valence-corrected chi connectivity index (χ1v) is 11.0. The molecule has 140 valence electrons. The van der Waals surface area contributed by atoms with Crippen LogP contribution in [0, 0.1) is 0 Å². The summed E-state index contributed by atoms with van der Waals surface area (Å²) < 4.78 is 1.91. The SMILES string of the molecule is O=C1CC(Nc2nn3cc(C4CCCC4)nc3s2)CN1C1CCCCC1. The molecule has 6 nitrogen and oxygen atoms in total. The summed E-state index contributed by atoms with van der Waals surface area (Å²) in [7, 11) is 0. The number of fused-ring (bicyclic) bond motifs is 1. The molecule has 0 radical (unpaired) electrons. The summed E-state index contributed by atoms with van der Waals surface area (Å²) in [6.07, 6.45) is 14.1. The number of likely N-dealkylation sites (tertiary alicyclic amines) is 1. The highest BCUT2D eigenvalue weighted by molar-refractivity contribution is 7.20. The fourth-order valence-corrected chi connectivity index (χ4v) is 5.81. The molecule has 7 heteroatoms. The van der Waals surface area contributed by atoms with Crippen LogP contribution in [0.1, 0.15) is 75.8 Å². The number of carbonyl (C=O) groups excluding carboxylic acids is 1. The van der Waals surface area contributed by atoms with E-state index >= 15 is 0 Å². The summed E-state index contributed by atoms with van der Waals surface area (Å²) >= 11 is 1.60. The van der Waals surface area contributed by atoms with Crippen LogP contribution in [0.25, 0.3) is 4.96 Å². The van der Waals surface area contributed by atoms with Crippen molar-refractivity contribution in [1.82, 2.24) is 19.5 Å². The maximum atomic E-state index is 12.4. The summed E-state index contributed by atoms with van der Waals surface area (Å²) in [4.78, 5) is 20.3. The van der Waals surface area contributed by atoms with Crippen molar-refractivity contribution in [3.8, 4) is 0 Å². The average Bonchev–Trinajstić information content (AvgIpc) is 3.39. The number of rotatable bonds is 4. The van der Waals surface area contributed by atoms with E-state index < -0.39 is 0 Å². The quantitative estimate of drug-likeness (QED) is 0.886. The minimum Gasteiger partial charge on any atom is -0.355 e. The molecule has 1 amide bonds. The Morgan fingerprint density at radius 1 is 1.08 bits per heavy atom. The number of nitrogens with zero attached hydrogens (tertiary/aromatic N) is 4. The molecule has 0 spiro atoms. The molecule has 2 aromatic heterocycles. The van der Waals surface area contributed by atoms with E-state index in [9.17, 15) is 4.79 Å². The number of nitrogens with one attached hydrogen (secondary N) is 1. The van der Waals surface area contributed by atoms with Gasteiger partial charge in [-0.15, -0.1) is 5.10 Å². The number of amides is 1. The van der Waals surface area contributed by atoms with Crippen molar-refractivity contribution in [1.29, 1.82) is 0 Å². The molecule has 3 aliphatic rings. The van der Waals surface area contributed by atoms with Gasteiger partial charge in [0, 0.05) is 24.9 Å². The summed E-state index contributed by atoms with van der Waals surface area (Å²) in [6, 6.07) is 0.639. The zero-order valence-corrected chi connectivity index (χ0v) is 16.0. The standard InChI is InChI=1S/C19H27N5OS/c25-17-10-14(11-23(17)15-8-2-1-3-9-15)20-18-22-24-12-16(21-19(24)26-18)13-6-4-5-7-13/h12-15H,1-11H2,(H,20,22). The second-order valence-corrected chi connectivity index (χ2v) is 9.12. The topological polar surface area (TPSA) is 62.5 Å². The van der Waals surface area contributed by atoms with Crippen LogP contribution in [0.3, 0.4) is 0 Å². The van der Waals surface area contributed by atoms with E-state index in [0.717, 1.165) is 16.6 Å². The second-order valence-electron chi connectivity index (χ2n) is 8.16. The lowest BCUT2D eigenvalue weighted by molar-refractivity contribution is -0.130. The minimum absolute atomic E-state index is 0.176. The third-order valence-electron chi connectivity index (χ3n) is 6.34. The van der Waals surface area contributed by atoms with Crippen LogP contribution in [-0.2, 0) is 4.79 Å². The van der Waals surface area contributed by atoms with Gasteiger partial charge in [-0.3, -0.25) is 4.79 Å². The maximum Gasteiger partial charge on any atom is 0.225 e. The first-order valence-electron chi connectivity index (χ1n) is 10.2. The van der Waals surface area contributed by atoms with Gasteiger partial charge in [-0.2, -0.15) is 0 Å². The van der Waals surface area contributed by atoms with E-state index in [2.05, 4.69) is 21.5 Å². The molecule has 1 aliphatic heterocycles. The minimum atomic E-state index is 0.176. The van der Waals surface area contributed by atoms with Crippen molar-refractivity contribution in [2.45, 2.75) is 82.2 Å². The molecule has 1 saturated heterocycles. The Hall–Kier alpha value is -1.63. The first kappa shape index (κ1) is 16.5. The molecule has 1 atom stereocenters. The number of hydrogen-bond donors (Lipinski definition) is 1. The summed E-state index contributed by atoms with van der Waals surface area (Å²) in [5.74, 6) is 0.927. The Labute approximate surface area is 158 Å². The lowest BCUT2D eigenvalue weighted by Gasteiger charge is -2.31. The first-order chi connectivity index (χ1) is 12.8. The molecule has 2 aliphatic carbocycles. The number of anilines is 1. The fourth-order valence-electron chi connectivity index (χ4n) is 4.94. The molecule has 0 aromatic carbocycles. The fraction of sp³-hybridized carbons (Fsp3) is 0.737. The highest BCUT2D eigenvalue weighted by Crippen LogP contribution is 2.34. The maximum absolute atomic E-state index is 12.4. The van der Waals surface area contributed by atoms with Crippen molar-refractivity contribution >= 4 is 27.3 Å². The van der Waals surface area contributed by atoms with Gasteiger partial charge in [-0.25, -0.2) is 9.50 Å². The Bertz CT molecular complexity index is 756. The number of imidazole rings is 1. The molecule has 2 saturated carbocycles. The van der Waals surface area contributed by atoms with E-state index in [0.29, 0.717) is 24.3 Å². The number of hydrogen-bond acceptors (Lipinski definition) is 5. The monoisotopic (exact) mass is 373 g/mol. The van der Waals surface area contributed by atoms with Crippen LogP contribution in [0.15, 0.2) is 6.20 Å². The molecule has 1 unspecified atom stereocenters. The van der Waals surface area contributed by atoms with Crippen LogP contribution in [0.4, 0.5) is 5.13 Å². The Balaban J connectivity index is 1.24. The van der Waals surface area contributed by atoms with Crippen molar-refractivity contribution in [3.63, 3.8) is 0 Å². The van der Waals surface area contributed by atoms with Gasteiger partial charge in [0.05, 0.1) is 17.9 Å². The smallest absolute Gasteiger partial charge is 0.225 e. The summed E-state index contributed by atoms with van der Waals surface area (Å²) in [5.41, 5.74) is 1.20. The molecule has 3 heterocycles. The van der Waals surface area contributed by atoms with E-state index in [-0.39, 0.29) is 6.04 Å². The molecular formula is C19H27N5OS. The van der Waals surface area contributed by atoms with Gasteiger partial charge in [-0.1, -0.05) is 43.4 Å². The Morgan fingerprint density at radius 3 is 2.62 bits per heavy atom. The molecule has 26 heavy (non-hydrogen) atoms. The average molecular weight is 374 g/mol. The van der Waals surface area contributed by atoms with Crippen molar-refractivity contribution in [2.24, 2.45) is 0 Å². The van der Waals surface area contributed by atoms with E-state index in [1.54, 1.807) is 11.3 Å². The Kier molecular flexibility index (Phi) is 4.35. The van der Waals surface area contributed by atoms with Gasteiger partial charge in [0.1, 0.15) is 0 Å². The van der Waals surface area contributed by atoms with Crippen LogP contribution in [0.5, 0.6) is 0 Å². The van der Waals surface area contributed by atoms with Gasteiger partial charge >= 0.3 is 0 Å². The van der Waals surface area contributed by atoms with E-state index in [1.165, 1.54) is 63.5 Å². The van der Waals surface area contributed by atoms with Crippen LogP contribution < -0.4 is 5.32 Å². The summed E-state index contributed by atoms with van der Waals surface area (Å²) in [5, 5.41) is 9.03. The van der Waals surface area contributed by atoms with Crippen LogP contribution >= 0.6 is 11.3 Å². The normalized spacial score (nSPS) is 25.6. The van der Waals surface area contributed by atoms with E-state index in [1.807, 2.05) is 4.52 Å². The van der Waals surface area contributed by atoms with E-state index in [4.69, 9.17) is 4.98 Å². The Morgan fingerprint density at radius 2 is 1.85 bits per heavy atom. The van der Waals surface area contributed by atoms with Crippen LogP contribution in [0.2, 0.25) is 0 Å². The summed E-state index contributed by atoms with van der Waals surface area (Å²) in [6.45, 7) is 0.818. The van der Waals surface area contributed by atoms with Gasteiger partial charge in [0.25, 0.3) is 0 Å². The van der Waals surface area contributed by atoms with Crippen molar-refractivity contribution in [3.05, 3.63) is 11.9 Å². The third-order valence-corrected chi connectivity index (χ3v) is 7.19. The lowest BCUT2D eigenvalue weighted by atomic mass is 9.94. The molecular weight excluding hydrogens is 346 g/mol. The molecule has 3 fully saturated rings. The lowest BCUT2D eigenvalue weighted by Crippen LogP contribution is -2.38. The van der Waals surface area contributed by atoms with Crippen molar-refractivity contribution < 1.29 is 4.79 Å². The number of aromatic nitrogens is 3. The van der Waals surface area contributed by atoms with Crippen LogP contribution in [-0.4, -0.2) is 44.0 Å². The van der Waals surface area contributed by atoms with Gasteiger partial charge in [0.2, 0.25) is 16.0 Å². The van der Waals surface area contributed by atoms with Gasteiger partial charge < -0.3 is 10.2 Å². The third kappa shape index (κ3) is 3.10. The predicted octanol–water partition coefficient (Wildman–Crippen LogP) is 3.79. The predicted molar refractivity (Wildman–Crippen MR) is 103 cm³/mol. The largest absolute Gasteiger partial charge is 0.355 e. The second kappa shape index (κ2) is 6.83.